The van der Waals surface area contributed by atoms with Crippen molar-refractivity contribution >= 4 is 18.3 Å². The van der Waals surface area contributed by atoms with E-state index in [1.165, 1.54) is 5.56 Å². The third-order valence-corrected chi connectivity index (χ3v) is 5.04. The number of aryl methyl sites for hydroxylation is 1. The van der Waals surface area contributed by atoms with Crippen LogP contribution in [0.1, 0.15) is 28.8 Å². The molecule has 1 aromatic heterocycles. The largest absolute Gasteiger partial charge is 0.337 e. The van der Waals surface area contributed by atoms with Gasteiger partial charge in [-0.3, -0.25) is 4.79 Å². The Bertz CT molecular complexity index is 937. The van der Waals surface area contributed by atoms with Gasteiger partial charge >= 0.3 is 0 Å². The Morgan fingerprint density at radius 1 is 1.11 bits per heavy atom. The van der Waals surface area contributed by atoms with Crippen LogP contribution in [0.25, 0.3) is 16.9 Å². The molecule has 0 saturated carbocycles. The third-order valence-electron chi connectivity index (χ3n) is 5.04. The Morgan fingerprint density at radius 3 is 2.50 bits per heavy atom. The molecule has 1 aliphatic rings. The molecule has 0 aliphatic carbocycles. The predicted octanol–water partition coefficient (Wildman–Crippen LogP) is 3.83. The van der Waals surface area contributed by atoms with Gasteiger partial charge in [0.05, 0.1) is 11.3 Å². The summed E-state index contributed by atoms with van der Waals surface area (Å²) in [5, 5.41) is 4.75. The highest BCUT2D eigenvalue weighted by molar-refractivity contribution is 6.00. The van der Waals surface area contributed by atoms with Crippen LogP contribution < -0.4 is 5.73 Å². The van der Waals surface area contributed by atoms with Crippen molar-refractivity contribution in [3.63, 3.8) is 0 Å². The number of carbonyl (C=O) groups excluding carboxylic acids is 1. The Morgan fingerprint density at radius 2 is 1.82 bits per heavy atom. The molecule has 0 spiro atoms. The van der Waals surface area contributed by atoms with E-state index in [0.717, 1.165) is 30.6 Å². The van der Waals surface area contributed by atoms with E-state index >= 15 is 0 Å². The standard InChI is InChI=1S/C22H24N4O.ClH/c1-16-9-11-19(12-10-16)26-15-20(21(24-26)17-6-3-2-4-7-17)22(27)25-13-5-8-18(23)14-25;/h2-4,6-7,9-12,15,18H,5,8,13-14,23H2,1H3;1H. The van der Waals surface area contributed by atoms with Gasteiger partial charge in [-0.2, -0.15) is 5.10 Å². The summed E-state index contributed by atoms with van der Waals surface area (Å²) in [6, 6.07) is 18.0. The summed E-state index contributed by atoms with van der Waals surface area (Å²) >= 11 is 0. The fraction of sp³-hybridized carbons (Fsp3) is 0.273. The Labute approximate surface area is 171 Å². The number of aromatic nitrogens is 2. The first-order valence-electron chi connectivity index (χ1n) is 9.39. The van der Waals surface area contributed by atoms with E-state index in [1.807, 2.05) is 65.7 Å². The van der Waals surface area contributed by atoms with Crippen LogP contribution in [0.3, 0.4) is 0 Å². The highest BCUT2D eigenvalue weighted by atomic mass is 35.5. The summed E-state index contributed by atoms with van der Waals surface area (Å²) in [5.41, 5.74) is 10.5. The molecule has 1 saturated heterocycles. The van der Waals surface area contributed by atoms with Gasteiger partial charge in [-0.1, -0.05) is 48.0 Å². The van der Waals surface area contributed by atoms with Gasteiger partial charge in [-0.25, -0.2) is 4.68 Å². The lowest BCUT2D eigenvalue weighted by Gasteiger charge is -2.30. The summed E-state index contributed by atoms with van der Waals surface area (Å²) < 4.78 is 1.79. The molecule has 3 aromatic rings. The molecule has 2 heterocycles. The zero-order chi connectivity index (χ0) is 18.8. The molecule has 6 heteroatoms. The molecule has 1 fully saturated rings. The molecule has 0 radical (unpaired) electrons. The van der Waals surface area contributed by atoms with Crippen molar-refractivity contribution in [2.75, 3.05) is 13.1 Å². The molecule has 28 heavy (non-hydrogen) atoms. The van der Waals surface area contributed by atoms with Crippen molar-refractivity contribution in [2.24, 2.45) is 5.73 Å². The number of carbonyl (C=O) groups is 1. The minimum absolute atomic E-state index is 0. The smallest absolute Gasteiger partial charge is 0.257 e. The van der Waals surface area contributed by atoms with Gasteiger partial charge in [0.25, 0.3) is 5.91 Å². The lowest BCUT2D eigenvalue weighted by molar-refractivity contribution is 0.0709. The summed E-state index contributed by atoms with van der Waals surface area (Å²) in [6.07, 6.45) is 3.76. The van der Waals surface area contributed by atoms with E-state index in [-0.39, 0.29) is 24.4 Å². The number of likely N-dealkylation sites (tertiary alicyclic amines) is 1. The van der Waals surface area contributed by atoms with Crippen molar-refractivity contribution in [1.82, 2.24) is 14.7 Å². The van der Waals surface area contributed by atoms with Crippen LogP contribution in [0.4, 0.5) is 0 Å². The molecule has 2 aromatic carbocycles. The molecule has 146 valence electrons. The first kappa shape index (κ1) is 20.1. The minimum Gasteiger partial charge on any atom is -0.337 e. The van der Waals surface area contributed by atoms with E-state index in [2.05, 4.69) is 6.92 Å². The third kappa shape index (κ3) is 4.11. The molecule has 1 amide bonds. The van der Waals surface area contributed by atoms with E-state index in [0.29, 0.717) is 17.8 Å². The molecule has 1 aliphatic heterocycles. The molecular formula is C22H25ClN4O. The van der Waals surface area contributed by atoms with Gasteiger partial charge in [0.15, 0.2) is 0 Å². The van der Waals surface area contributed by atoms with Crippen molar-refractivity contribution in [1.29, 1.82) is 0 Å². The summed E-state index contributed by atoms with van der Waals surface area (Å²) in [4.78, 5) is 15.1. The normalized spacial score (nSPS) is 16.5. The summed E-state index contributed by atoms with van der Waals surface area (Å²) in [7, 11) is 0. The molecule has 4 rings (SSSR count). The van der Waals surface area contributed by atoms with Gasteiger partial charge in [-0.05, 0) is 31.9 Å². The lowest BCUT2D eigenvalue weighted by Crippen LogP contribution is -2.45. The summed E-state index contributed by atoms with van der Waals surface area (Å²) in [5.74, 6) is 0.00219. The van der Waals surface area contributed by atoms with Crippen LogP contribution >= 0.6 is 12.4 Å². The van der Waals surface area contributed by atoms with Crippen LogP contribution in [0.5, 0.6) is 0 Å². The quantitative estimate of drug-likeness (QED) is 0.731. The van der Waals surface area contributed by atoms with Gasteiger partial charge in [-0.15, -0.1) is 12.4 Å². The van der Waals surface area contributed by atoms with E-state index < -0.39 is 0 Å². The molecule has 1 atom stereocenters. The molecular weight excluding hydrogens is 372 g/mol. The molecule has 2 N–H and O–H groups in total. The van der Waals surface area contributed by atoms with Gasteiger partial charge < -0.3 is 10.6 Å². The van der Waals surface area contributed by atoms with Gasteiger partial charge in [0.1, 0.15) is 5.69 Å². The topological polar surface area (TPSA) is 64.2 Å². The number of amides is 1. The maximum Gasteiger partial charge on any atom is 0.257 e. The molecule has 0 bridgehead atoms. The number of nitrogens with two attached hydrogens (primary N) is 1. The van der Waals surface area contributed by atoms with Crippen molar-refractivity contribution in [3.05, 3.63) is 71.9 Å². The average molecular weight is 397 g/mol. The predicted molar refractivity (Wildman–Crippen MR) is 114 cm³/mol. The maximum atomic E-state index is 13.3. The first-order chi connectivity index (χ1) is 13.1. The van der Waals surface area contributed by atoms with Crippen molar-refractivity contribution < 1.29 is 4.79 Å². The van der Waals surface area contributed by atoms with Crippen LogP contribution in [0, 0.1) is 6.92 Å². The fourth-order valence-electron chi connectivity index (χ4n) is 3.53. The summed E-state index contributed by atoms with van der Waals surface area (Å²) in [6.45, 7) is 3.40. The molecule has 5 nitrogen and oxygen atoms in total. The number of hydrogen-bond donors (Lipinski definition) is 1. The van der Waals surface area contributed by atoms with Crippen LogP contribution in [-0.2, 0) is 0 Å². The van der Waals surface area contributed by atoms with Crippen LogP contribution in [0.2, 0.25) is 0 Å². The van der Waals surface area contributed by atoms with E-state index in [9.17, 15) is 4.79 Å². The second kappa shape index (κ2) is 8.59. The number of piperidine rings is 1. The highest BCUT2D eigenvalue weighted by Gasteiger charge is 2.26. The number of rotatable bonds is 3. The monoisotopic (exact) mass is 396 g/mol. The maximum absolute atomic E-state index is 13.3. The zero-order valence-electron chi connectivity index (χ0n) is 15.9. The van der Waals surface area contributed by atoms with E-state index in [1.54, 1.807) is 4.68 Å². The second-order valence-electron chi connectivity index (χ2n) is 7.19. The Balaban J connectivity index is 0.00000225. The minimum atomic E-state index is 0. The molecule has 1 unspecified atom stereocenters. The van der Waals surface area contributed by atoms with Crippen LogP contribution in [0.15, 0.2) is 60.8 Å². The first-order valence-corrected chi connectivity index (χ1v) is 9.39. The van der Waals surface area contributed by atoms with Crippen molar-refractivity contribution in [2.45, 2.75) is 25.8 Å². The van der Waals surface area contributed by atoms with Gasteiger partial charge in [0.2, 0.25) is 0 Å². The fourth-order valence-corrected chi connectivity index (χ4v) is 3.53. The number of hydrogen-bond acceptors (Lipinski definition) is 3. The van der Waals surface area contributed by atoms with Gasteiger partial charge in [0, 0.05) is 30.9 Å². The SMILES string of the molecule is Cc1ccc(-n2cc(C(=O)N3CCCC(N)C3)c(-c3ccccc3)n2)cc1.Cl. The average Bonchev–Trinajstić information content (AvgIpc) is 3.14. The van der Waals surface area contributed by atoms with Crippen LogP contribution in [-0.4, -0.2) is 39.7 Å². The number of benzene rings is 2. The Hall–Kier alpha value is -2.63. The number of halogens is 1. The lowest BCUT2D eigenvalue weighted by atomic mass is 10.0. The number of nitrogens with zero attached hydrogens (tertiary/aromatic N) is 3. The second-order valence-corrected chi connectivity index (χ2v) is 7.19. The van der Waals surface area contributed by atoms with E-state index in [4.69, 9.17) is 10.8 Å². The highest BCUT2D eigenvalue weighted by Crippen LogP contribution is 2.26. The Kier molecular flexibility index (Phi) is 6.17. The van der Waals surface area contributed by atoms with Crippen molar-refractivity contribution in [3.8, 4) is 16.9 Å². The zero-order valence-corrected chi connectivity index (χ0v) is 16.7.